The van der Waals surface area contributed by atoms with Crippen molar-refractivity contribution in [1.82, 2.24) is 14.9 Å². The van der Waals surface area contributed by atoms with Gasteiger partial charge < -0.3 is 9.88 Å². The number of hydrogen-bond acceptors (Lipinski definition) is 3. The molecule has 0 aliphatic heterocycles. The molecule has 0 saturated heterocycles. The SMILES string of the molecule is Cn1ccnc1SCCNC1CC1. The predicted octanol–water partition coefficient (Wildman–Crippen LogP) is 1.26. The molecule has 1 heterocycles. The van der Waals surface area contributed by atoms with E-state index >= 15 is 0 Å². The second kappa shape index (κ2) is 4.15. The Morgan fingerprint density at radius 3 is 3.15 bits per heavy atom. The number of nitrogens with one attached hydrogen (secondary N) is 1. The van der Waals surface area contributed by atoms with Crippen LogP contribution in [0.15, 0.2) is 17.6 Å². The van der Waals surface area contributed by atoms with Crippen LogP contribution >= 0.6 is 11.8 Å². The van der Waals surface area contributed by atoms with E-state index in [0.717, 1.165) is 23.5 Å². The summed E-state index contributed by atoms with van der Waals surface area (Å²) in [5.74, 6) is 1.11. The number of thioether (sulfide) groups is 1. The van der Waals surface area contributed by atoms with Crippen molar-refractivity contribution in [2.45, 2.75) is 24.0 Å². The summed E-state index contributed by atoms with van der Waals surface area (Å²) in [7, 11) is 2.03. The number of aryl methyl sites for hydroxylation is 1. The average Bonchev–Trinajstić information content (AvgIpc) is 2.86. The van der Waals surface area contributed by atoms with E-state index in [0.29, 0.717) is 0 Å². The van der Waals surface area contributed by atoms with E-state index in [-0.39, 0.29) is 0 Å². The molecule has 13 heavy (non-hydrogen) atoms. The summed E-state index contributed by atoms with van der Waals surface area (Å²) in [6, 6.07) is 0.821. The fraction of sp³-hybridized carbons (Fsp3) is 0.667. The van der Waals surface area contributed by atoms with Gasteiger partial charge in [-0.15, -0.1) is 0 Å². The van der Waals surface area contributed by atoms with Gasteiger partial charge in [0.2, 0.25) is 0 Å². The summed E-state index contributed by atoms with van der Waals surface area (Å²) in [6.07, 6.45) is 6.56. The van der Waals surface area contributed by atoms with Crippen LogP contribution in [0.2, 0.25) is 0 Å². The molecular formula is C9H15N3S. The highest BCUT2D eigenvalue weighted by Gasteiger charge is 2.19. The number of rotatable bonds is 5. The maximum absolute atomic E-state index is 4.25. The zero-order valence-corrected chi connectivity index (χ0v) is 8.68. The van der Waals surface area contributed by atoms with Crippen LogP contribution in [0.4, 0.5) is 0 Å². The van der Waals surface area contributed by atoms with Crippen molar-refractivity contribution in [1.29, 1.82) is 0 Å². The van der Waals surface area contributed by atoms with Gasteiger partial charge in [0.05, 0.1) is 0 Å². The summed E-state index contributed by atoms with van der Waals surface area (Å²) in [5, 5.41) is 4.59. The molecule has 2 rings (SSSR count). The molecular weight excluding hydrogens is 182 g/mol. The zero-order valence-electron chi connectivity index (χ0n) is 7.86. The number of imidazole rings is 1. The fourth-order valence-electron chi connectivity index (χ4n) is 1.18. The van der Waals surface area contributed by atoms with Gasteiger partial charge in [0.25, 0.3) is 0 Å². The van der Waals surface area contributed by atoms with Crippen LogP contribution in [0.3, 0.4) is 0 Å². The molecule has 1 aromatic heterocycles. The third kappa shape index (κ3) is 2.74. The maximum Gasteiger partial charge on any atom is 0.167 e. The number of aromatic nitrogens is 2. The second-order valence-corrected chi connectivity index (χ2v) is 4.46. The van der Waals surface area contributed by atoms with Gasteiger partial charge in [0.15, 0.2) is 5.16 Å². The first-order valence-electron chi connectivity index (χ1n) is 4.70. The van der Waals surface area contributed by atoms with Gasteiger partial charge in [0, 0.05) is 37.8 Å². The normalized spacial score (nSPS) is 16.4. The van der Waals surface area contributed by atoms with Crippen molar-refractivity contribution in [2.75, 3.05) is 12.3 Å². The first-order valence-corrected chi connectivity index (χ1v) is 5.68. The van der Waals surface area contributed by atoms with E-state index in [2.05, 4.69) is 14.9 Å². The standard InChI is InChI=1S/C9H15N3S/c1-12-6-4-11-9(12)13-7-5-10-8-2-3-8/h4,6,8,10H,2-3,5,7H2,1H3. The highest BCUT2D eigenvalue weighted by atomic mass is 32.2. The molecule has 1 N–H and O–H groups in total. The summed E-state index contributed by atoms with van der Waals surface area (Å²) in [5.41, 5.74) is 0. The Hall–Kier alpha value is -0.480. The lowest BCUT2D eigenvalue weighted by atomic mass is 10.6. The van der Waals surface area contributed by atoms with E-state index in [4.69, 9.17) is 0 Å². The molecule has 1 aliphatic carbocycles. The minimum Gasteiger partial charge on any atom is -0.329 e. The largest absolute Gasteiger partial charge is 0.329 e. The molecule has 3 nitrogen and oxygen atoms in total. The molecule has 72 valence electrons. The molecule has 1 saturated carbocycles. The smallest absolute Gasteiger partial charge is 0.167 e. The van der Waals surface area contributed by atoms with Gasteiger partial charge in [-0.2, -0.15) is 0 Å². The topological polar surface area (TPSA) is 29.9 Å². The summed E-state index contributed by atoms with van der Waals surface area (Å²) in [6.45, 7) is 1.10. The maximum atomic E-state index is 4.25. The van der Waals surface area contributed by atoms with E-state index in [1.165, 1.54) is 12.8 Å². The summed E-state index contributed by atoms with van der Waals surface area (Å²) in [4.78, 5) is 4.25. The van der Waals surface area contributed by atoms with Gasteiger partial charge in [-0.25, -0.2) is 4.98 Å². The van der Waals surface area contributed by atoms with E-state index in [9.17, 15) is 0 Å². The van der Waals surface area contributed by atoms with Gasteiger partial charge >= 0.3 is 0 Å². The minimum atomic E-state index is 0.821. The lowest BCUT2D eigenvalue weighted by Gasteiger charge is -2.02. The van der Waals surface area contributed by atoms with Crippen LogP contribution in [0.5, 0.6) is 0 Å². The molecule has 0 radical (unpaired) electrons. The molecule has 0 amide bonds. The van der Waals surface area contributed by atoms with Gasteiger partial charge in [-0.3, -0.25) is 0 Å². The zero-order chi connectivity index (χ0) is 9.10. The van der Waals surface area contributed by atoms with Gasteiger partial charge in [-0.1, -0.05) is 11.8 Å². The van der Waals surface area contributed by atoms with E-state index in [1.54, 1.807) is 0 Å². The van der Waals surface area contributed by atoms with Crippen LogP contribution in [0.1, 0.15) is 12.8 Å². The Morgan fingerprint density at radius 1 is 1.69 bits per heavy atom. The van der Waals surface area contributed by atoms with Gasteiger partial charge in [0.1, 0.15) is 0 Å². The summed E-state index contributed by atoms with van der Waals surface area (Å²) >= 11 is 1.81. The highest BCUT2D eigenvalue weighted by molar-refractivity contribution is 7.99. The van der Waals surface area contributed by atoms with Crippen LogP contribution in [0.25, 0.3) is 0 Å². The summed E-state index contributed by atoms with van der Waals surface area (Å²) < 4.78 is 2.06. The molecule has 0 aromatic carbocycles. The monoisotopic (exact) mass is 197 g/mol. The second-order valence-electron chi connectivity index (χ2n) is 3.40. The predicted molar refractivity (Wildman–Crippen MR) is 55.0 cm³/mol. The Morgan fingerprint density at radius 2 is 2.54 bits per heavy atom. The molecule has 1 fully saturated rings. The first kappa shape index (κ1) is 9.09. The van der Waals surface area contributed by atoms with E-state index in [1.807, 2.05) is 31.2 Å². The lowest BCUT2D eigenvalue weighted by Crippen LogP contribution is -2.19. The Balaban J connectivity index is 1.64. The van der Waals surface area contributed by atoms with Crippen LogP contribution in [0, 0.1) is 0 Å². The quantitative estimate of drug-likeness (QED) is 0.569. The Kier molecular flexibility index (Phi) is 2.90. The lowest BCUT2D eigenvalue weighted by molar-refractivity contribution is 0.723. The van der Waals surface area contributed by atoms with Crippen LogP contribution in [-0.2, 0) is 7.05 Å². The highest BCUT2D eigenvalue weighted by Crippen LogP contribution is 2.19. The molecule has 1 aromatic rings. The molecule has 0 bridgehead atoms. The minimum absolute atomic E-state index is 0.821. The van der Waals surface area contributed by atoms with Crippen molar-refractivity contribution >= 4 is 11.8 Å². The molecule has 1 aliphatic rings. The van der Waals surface area contributed by atoms with Crippen LogP contribution < -0.4 is 5.32 Å². The molecule has 0 unspecified atom stereocenters. The Labute approximate surface area is 82.9 Å². The third-order valence-corrected chi connectivity index (χ3v) is 3.18. The van der Waals surface area contributed by atoms with Crippen molar-refractivity contribution < 1.29 is 0 Å². The third-order valence-electron chi connectivity index (χ3n) is 2.12. The fourth-order valence-corrected chi connectivity index (χ4v) is 1.99. The van der Waals surface area contributed by atoms with Crippen molar-refractivity contribution in [3.8, 4) is 0 Å². The molecule has 0 spiro atoms. The average molecular weight is 197 g/mol. The molecule has 4 heteroatoms. The molecule has 0 atom stereocenters. The van der Waals surface area contributed by atoms with Crippen molar-refractivity contribution in [3.63, 3.8) is 0 Å². The van der Waals surface area contributed by atoms with Crippen molar-refractivity contribution in [3.05, 3.63) is 12.4 Å². The first-order chi connectivity index (χ1) is 6.36. The number of hydrogen-bond donors (Lipinski definition) is 1. The van der Waals surface area contributed by atoms with Crippen molar-refractivity contribution in [2.24, 2.45) is 7.05 Å². The van der Waals surface area contributed by atoms with Gasteiger partial charge in [-0.05, 0) is 12.8 Å². The van der Waals surface area contributed by atoms with E-state index < -0.39 is 0 Å². The number of nitrogens with zero attached hydrogens (tertiary/aromatic N) is 2. The van der Waals surface area contributed by atoms with Crippen LogP contribution in [-0.4, -0.2) is 27.9 Å². The Bertz CT molecular complexity index is 268.